The molecule has 1 heterocycles. The highest BCUT2D eigenvalue weighted by Gasteiger charge is 2.15. The van der Waals surface area contributed by atoms with Gasteiger partial charge in [-0.3, -0.25) is 4.68 Å². The van der Waals surface area contributed by atoms with Crippen molar-refractivity contribution in [3.63, 3.8) is 0 Å². The number of hydrogen-bond acceptors (Lipinski definition) is 2. The van der Waals surface area contributed by atoms with Crippen molar-refractivity contribution in [2.75, 3.05) is 6.54 Å². The predicted octanol–water partition coefficient (Wildman–Crippen LogP) is 4.06. The van der Waals surface area contributed by atoms with E-state index in [9.17, 15) is 0 Å². The number of nitrogens with zero attached hydrogens (tertiary/aromatic N) is 2. The van der Waals surface area contributed by atoms with Crippen molar-refractivity contribution in [2.45, 2.75) is 39.2 Å². The number of aromatic nitrogens is 2. The molecule has 0 aliphatic heterocycles. The molecule has 4 heteroatoms. The molecule has 0 aliphatic carbocycles. The van der Waals surface area contributed by atoms with E-state index in [1.54, 1.807) is 4.68 Å². The molecule has 1 unspecified atom stereocenters. The lowest BCUT2D eigenvalue weighted by atomic mass is 9.99. The summed E-state index contributed by atoms with van der Waals surface area (Å²) in [5.41, 5.74) is 3.53. The Balaban J connectivity index is 2.09. The quantitative estimate of drug-likeness (QED) is 0.836. The molecule has 0 saturated heterocycles. The molecule has 0 amide bonds. The van der Waals surface area contributed by atoms with Crippen LogP contribution in [0.25, 0.3) is 0 Å². The second kappa shape index (κ2) is 7.62. The van der Waals surface area contributed by atoms with Crippen LogP contribution < -0.4 is 5.32 Å². The largest absolute Gasteiger partial charge is 0.310 e. The van der Waals surface area contributed by atoms with Gasteiger partial charge < -0.3 is 5.32 Å². The van der Waals surface area contributed by atoms with Gasteiger partial charge in [-0.25, -0.2) is 0 Å². The molecule has 0 bridgehead atoms. The van der Waals surface area contributed by atoms with Gasteiger partial charge in [0, 0.05) is 18.7 Å². The van der Waals surface area contributed by atoms with Gasteiger partial charge in [0.25, 0.3) is 0 Å². The molecule has 0 aliphatic rings. The van der Waals surface area contributed by atoms with E-state index in [0.29, 0.717) is 6.04 Å². The minimum Gasteiger partial charge on any atom is -0.310 e. The van der Waals surface area contributed by atoms with E-state index in [0.717, 1.165) is 36.7 Å². The summed E-state index contributed by atoms with van der Waals surface area (Å²) in [4.78, 5) is 0. The molecule has 1 atom stereocenters. The molecule has 0 saturated carbocycles. The maximum atomic E-state index is 6.33. The van der Waals surface area contributed by atoms with Crippen molar-refractivity contribution in [2.24, 2.45) is 7.05 Å². The van der Waals surface area contributed by atoms with E-state index in [-0.39, 0.29) is 0 Å². The lowest BCUT2D eigenvalue weighted by Crippen LogP contribution is -2.22. The van der Waals surface area contributed by atoms with E-state index in [4.69, 9.17) is 11.6 Å². The number of nitrogens with one attached hydrogen (secondary N) is 1. The summed E-state index contributed by atoms with van der Waals surface area (Å²) in [5, 5.41) is 8.78. The van der Waals surface area contributed by atoms with Gasteiger partial charge in [0.05, 0.1) is 5.69 Å². The summed E-state index contributed by atoms with van der Waals surface area (Å²) < 4.78 is 1.75. The van der Waals surface area contributed by atoms with Crippen LogP contribution in [-0.4, -0.2) is 16.3 Å². The van der Waals surface area contributed by atoms with Gasteiger partial charge in [0.2, 0.25) is 0 Å². The first-order valence-electron chi connectivity index (χ1n) is 7.59. The van der Waals surface area contributed by atoms with Crippen LogP contribution in [0.1, 0.15) is 42.6 Å². The number of aryl methyl sites for hydroxylation is 2. The van der Waals surface area contributed by atoms with Crippen LogP contribution >= 0.6 is 11.6 Å². The molecule has 1 aromatic heterocycles. The molecule has 114 valence electrons. The van der Waals surface area contributed by atoms with Crippen molar-refractivity contribution >= 4 is 11.6 Å². The van der Waals surface area contributed by atoms with Crippen LogP contribution in [0, 0.1) is 6.92 Å². The predicted molar refractivity (Wildman–Crippen MR) is 88.8 cm³/mol. The standard InChI is InChI=1S/C17H24ClN3/c1-4-12-19-16(14-8-6-5-7-9-14)11-10-15-13(2)20-21(3)17(15)18/h5-9,16,19H,4,10-12H2,1-3H3. The van der Waals surface area contributed by atoms with Gasteiger partial charge in [-0.05, 0) is 38.3 Å². The Morgan fingerprint density at radius 2 is 2.00 bits per heavy atom. The zero-order chi connectivity index (χ0) is 15.2. The van der Waals surface area contributed by atoms with Gasteiger partial charge in [-0.1, -0.05) is 48.9 Å². The zero-order valence-corrected chi connectivity index (χ0v) is 13.8. The van der Waals surface area contributed by atoms with Crippen molar-refractivity contribution in [1.82, 2.24) is 15.1 Å². The fraction of sp³-hybridized carbons (Fsp3) is 0.471. The normalized spacial score (nSPS) is 12.6. The summed E-state index contributed by atoms with van der Waals surface area (Å²) in [7, 11) is 1.89. The minimum atomic E-state index is 0.363. The highest BCUT2D eigenvalue weighted by Crippen LogP contribution is 2.24. The third-order valence-electron chi connectivity index (χ3n) is 3.80. The highest BCUT2D eigenvalue weighted by atomic mass is 35.5. The summed E-state index contributed by atoms with van der Waals surface area (Å²) in [6.07, 6.45) is 3.10. The van der Waals surface area contributed by atoms with Crippen LogP contribution in [0.5, 0.6) is 0 Å². The molecule has 1 N–H and O–H groups in total. The third-order valence-corrected chi connectivity index (χ3v) is 4.27. The topological polar surface area (TPSA) is 29.9 Å². The first kappa shape index (κ1) is 16.1. The summed E-state index contributed by atoms with van der Waals surface area (Å²) in [6.45, 7) is 5.24. The number of hydrogen-bond donors (Lipinski definition) is 1. The van der Waals surface area contributed by atoms with Crippen molar-refractivity contribution in [1.29, 1.82) is 0 Å². The molecule has 0 spiro atoms. The summed E-state index contributed by atoms with van der Waals surface area (Å²) in [5.74, 6) is 0. The maximum absolute atomic E-state index is 6.33. The highest BCUT2D eigenvalue weighted by molar-refractivity contribution is 6.30. The molecule has 2 rings (SSSR count). The Morgan fingerprint density at radius 3 is 2.57 bits per heavy atom. The van der Waals surface area contributed by atoms with Gasteiger partial charge in [-0.2, -0.15) is 5.10 Å². The van der Waals surface area contributed by atoms with Crippen molar-refractivity contribution < 1.29 is 0 Å². The molecule has 0 fully saturated rings. The first-order chi connectivity index (χ1) is 10.1. The van der Waals surface area contributed by atoms with Gasteiger partial charge in [0.15, 0.2) is 0 Å². The average molecular weight is 306 g/mol. The lowest BCUT2D eigenvalue weighted by Gasteiger charge is -2.19. The Hall–Kier alpha value is -1.32. The number of benzene rings is 1. The lowest BCUT2D eigenvalue weighted by molar-refractivity contribution is 0.499. The fourth-order valence-electron chi connectivity index (χ4n) is 2.64. The van der Waals surface area contributed by atoms with E-state index in [1.165, 1.54) is 11.1 Å². The Kier molecular flexibility index (Phi) is 5.83. The second-order valence-corrected chi connectivity index (χ2v) is 5.79. The van der Waals surface area contributed by atoms with Gasteiger partial charge in [-0.15, -0.1) is 0 Å². The Labute approximate surface area is 132 Å². The van der Waals surface area contributed by atoms with Gasteiger partial charge in [0.1, 0.15) is 5.15 Å². The Morgan fingerprint density at radius 1 is 1.29 bits per heavy atom. The monoisotopic (exact) mass is 305 g/mol. The van der Waals surface area contributed by atoms with Crippen LogP contribution in [0.4, 0.5) is 0 Å². The Bertz CT molecular complexity index is 563. The SMILES string of the molecule is CCCNC(CCc1c(C)nn(C)c1Cl)c1ccccc1. The van der Waals surface area contributed by atoms with Crippen molar-refractivity contribution in [3.8, 4) is 0 Å². The summed E-state index contributed by atoms with van der Waals surface area (Å²) >= 11 is 6.33. The molecule has 2 aromatic rings. The molecular weight excluding hydrogens is 282 g/mol. The van der Waals surface area contributed by atoms with Crippen LogP contribution in [0.2, 0.25) is 5.15 Å². The average Bonchev–Trinajstić information content (AvgIpc) is 2.74. The van der Waals surface area contributed by atoms with Crippen LogP contribution in [-0.2, 0) is 13.5 Å². The van der Waals surface area contributed by atoms with E-state index in [2.05, 4.69) is 47.7 Å². The minimum absolute atomic E-state index is 0.363. The molecule has 0 radical (unpaired) electrons. The van der Waals surface area contributed by atoms with Gasteiger partial charge >= 0.3 is 0 Å². The third kappa shape index (κ3) is 4.08. The van der Waals surface area contributed by atoms with Crippen molar-refractivity contribution in [3.05, 3.63) is 52.3 Å². The molecule has 21 heavy (non-hydrogen) atoms. The smallest absolute Gasteiger partial charge is 0.130 e. The molecule has 3 nitrogen and oxygen atoms in total. The van der Waals surface area contributed by atoms with Crippen LogP contribution in [0.3, 0.4) is 0 Å². The number of halogens is 1. The zero-order valence-electron chi connectivity index (χ0n) is 13.1. The molecular formula is C17H24ClN3. The first-order valence-corrected chi connectivity index (χ1v) is 7.97. The van der Waals surface area contributed by atoms with E-state index in [1.807, 2.05) is 14.0 Å². The summed E-state index contributed by atoms with van der Waals surface area (Å²) in [6, 6.07) is 11.0. The number of rotatable bonds is 7. The van der Waals surface area contributed by atoms with E-state index < -0.39 is 0 Å². The second-order valence-electron chi connectivity index (χ2n) is 5.43. The molecule has 1 aromatic carbocycles. The van der Waals surface area contributed by atoms with Crippen LogP contribution in [0.15, 0.2) is 30.3 Å². The fourth-order valence-corrected chi connectivity index (χ4v) is 2.91. The maximum Gasteiger partial charge on any atom is 0.130 e. The van der Waals surface area contributed by atoms with E-state index >= 15 is 0 Å².